The molecule has 119 heavy (non-hydrogen) atoms. The van der Waals surface area contributed by atoms with Crippen molar-refractivity contribution in [1.82, 2.24) is 14.5 Å². The number of rotatable bonds is 8. The molecule has 11 heteroatoms. The topological polar surface area (TPSA) is 71.2 Å². The van der Waals surface area contributed by atoms with Gasteiger partial charge in [0.1, 0.15) is 10.4 Å². The molecule has 0 bridgehead atoms. The monoisotopic (exact) mass is 1710 g/mol. The highest BCUT2D eigenvalue weighted by molar-refractivity contribution is 9.10. The molecule has 568 valence electrons. The third-order valence-corrected chi connectivity index (χ3v) is 27.4. The third-order valence-electron chi connectivity index (χ3n) is 22.8. The SMILES string of the molecule is Brc1cc(C2=CCCC=C2)cc(-c2ccccc2)n1.Brc1ccc2c(c1)-c1ccccc1C2.OB(O)c1cccc2c1sc1ccccc12.c1ccc(-c2cc(-c3ccccc3)nc(-n3c4ccccc4c4cc(-c5cccc6c5sc5ccccc56)ccc43)c2)cc1.c1ccc2c(c1)Cc1ccc(-c3cccc4c3sc3ccccc34)cc1-2. The van der Waals surface area contributed by atoms with Crippen LogP contribution >= 0.6 is 65.9 Å². The Morgan fingerprint density at radius 3 is 1.35 bits per heavy atom. The zero-order valence-corrected chi connectivity index (χ0v) is 70.2. The minimum Gasteiger partial charge on any atom is -0.423 e. The molecule has 24 rings (SSSR count). The van der Waals surface area contributed by atoms with E-state index in [2.05, 4.69) is 375 Å². The van der Waals surface area contributed by atoms with E-state index >= 15 is 0 Å². The average Bonchev–Trinajstić information content (AvgIpc) is 1.58. The first kappa shape index (κ1) is 75.2. The first-order valence-corrected chi connectivity index (χ1v) is 44.1. The Bertz CT molecular complexity index is 7460. The second-order valence-electron chi connectivity index (χ2n) is 30.1. The molecule has 6 heterocycles. The number of nitrogens with zero attached hydrogens (tertiary/aromatic N) is 3. The molecule has 21 aromatic rings. The van der Waals surface area contributed by atoms with E-state index in [0.29, 0.717) is 5.46 Å². The molecule has 0 saturated heterocycles. The van der Waals surface area contributed by atoms with Gasteiger partial charge in [0.2, 0.25) is 0 Å². The molecule has 2 N–H and O–H groups in total. The van der Waals surface area contributed by atoms with Crippen LogP contribution in [0.1, 0.15) is 40.7 Å². The molecule has 0 amide bonds. The fourth-order valence-corrected chi connectivity index (χ4v) is 21.6. The van der Waals surface area contributed by atoms with E-state index in [0.717, 1.165) is 89.8 Å². The number of halogens is 2. The van der Waals surface area contributed by atoms with Gasteiger partial charge in [0.15, 0.2) is 0 Å². The summed E-state index contributed by atoms with van der Waals surface area (Å²) in [5.74, 6) is 0.913. The molecule has 0 atom stereocenters. The zero-order valence-electron chi connectivity index (χ0n) is 64.6. The maximum Gasteiger partial charge on any atom is 0.489 e. The Hall–Kier alpha value is -12.5. The van der Waals surface area contributed by atoms with Crippen LogP contribution in [0.15, 0.2) is 397 Å². The Morgan fingerprint density at radius 2 is 0.756 bits per heavy atom. The van der Waals surface area contributed by atoms with Crippen LogP contribution in [0.2, 0.25) is 0 Å². The van der Waals surface area contributed by atoms with E-state index in [4.69, 9.17) is 4.98 Å². The third kappa shape index (κ3) is 15.0. The van der Waals surface area contributed by atoms with Crippen LogP contribution in [0.25, 0.3) is 172 Å². The van der Waals surface area contributed by atoms with Crippen molar-refractivity contribution >= 4 is 166 Å². The number of benzene rings is 15. The normalized spacial score (nSPS) is 12.3. The molecular weight excluding hydrogens is 1640 g/mol. The van der Waals surface area contributed by atoms with E-state index in [1.165, 1.54) is 145 Å². The van der Waals surface area contributed by atoms with Gasteiger partial charge in [0.25, 0.3) is 0 Å². The minimum absolute atomic E-state index is 0.582. The number of para-hydroxylation sites is 1. The van der Waals surface area contributed by atoms with E-state index < -0.39 is 7.12 Å². The molecule has 15 aromatic carbocycles. The van der Waals surface area contributed by atoms with Crippen molar-refractivity contribution < 1.29 is 10.0 Å². The smallest absolute Gasteiger partial charge is 0.423 e. The largest absolute Gasteiger partial charge is 0.489 e. The lowest BCUT2D eigenvalue weighted by Crippen LogP contribution is -2.29. The van der Waals surface area contributed by atoms with Crippen LogP contribution in [0, 0.1) is 0 Å². The summed E-state index contributed by atoms with van der Waals surface area (Å²) in [5, 5.41) is 28.7. The number of pyridine rings is 2. The van der Waals surface area contributed by atoms with E-state index in [9.17, 15) is 10.0 Å². The van der Waals surface area contributed by atoms with Gasteiger partial charge in [-0.05, 0) is 220 Å². The van der Waals surface area contributed by atoms with Crippen LogP contribution in [-0.4, -0.2) is 31.7 Å². The molecule has 0 unspecified atom stereocenters. The van der Waals surface area contributed by atoms with Gasteiger partial charge in [-0.3, -0.25) is 4.57 Å². The quantitative estimate of drug-likeness (QED) is 0.117. The van der Waals surface area contributed by atoms with Crippen LogP contribution in [-0.2, 0) is 12.8 Å². The summed E-state index contributed by atoms with van der Waals surface area (Å²) in [7, 11) is -1.41. The first-order valence-electron chi connectivity index (χ1n) is 40.1. The van der Waals surface area contributed by atoms with Gasteiger partial charge in [-0.25, -0.2) is 9.97 Å². The molecule has 0 spiro atoms. The molecule has 0 fully saturated rings. The van der Waals surface area contributed by atoms with Crippen LogP contribution < -0.4 is 5.46 Å². The molecule has 0 radical (unpaired) electrons. The predicted octanol–water partition coefficient (Wildman–Crippen LogP) is 29.8. The van der Waals surface area contributed by atoms with E-state index in [-0.39, 0.29) is 0 Å². The zero-order chi connectivity index (χ0) is 79.9. The second-order valence-corrected chi connectivity index (χ2v) is 35.0. The minimum atomic E-state index is -1.41. The van der Waals surface area contributed by atoms with Crippen molar-refractivity contribution in [1.29, 1.82) is 0 Å². The highest BCUT2D eigenvalue weighted by Gasteiger charge is 2.24. The van der Waals surface area contributed by atoms with Crippen LogP contribution in [0.4, 0.5) is 0 Å². The molecule has 0 saturated carbocycles. The lowest BCUT2D eigenvalue weighted by molar-refractivity contribution is 0.426. The van der Waals surface area contributed by atoms with Gasteiger partial charge in [-0.1, -0.05) is 325 Å². The maximum atomic E-state index is 9.31. The van der Waals surface area contributed by atoms with Gasteiger partial charge >= 0.3 is 7.12 Å². The number of allylic oxidation sites excluding steroid dienone is 4. The van der Waals surface area contributed by atoms with Gasteiger partial charge in [-0.2, -0.15) is 0 Å². The van der Waals surface area contributed by atoms with Crippen molar-refractivity contribution in [2.24, 2.45) is 0 Å². The Balaban J connectivity index is 0.000000103. The second kappa shape index (κ2) is 33.1. The summed E-state index contributed by atoms with van der Waals surface area (Å²) in [4.78, 5) is 9.85. The van der Waals surface area contributed by atoms with Gasteiger partial charge < -0.3 is 10.0 Å². The fraction of sp³-hybridized carbons (Fsp3) is 0.0370. The molecule has 6 aromatic heterocycles. The standard InChI is InChI=1S/C41H26N2S.C25H16S.C17H14BrN.C13H9Br.C12H9BO2S/c1-3-12-27(13-4-1)30-25-36(28-14-5-2-6-15-28)42-40(26-30)43-37-20-9-7-16-32(37)35-24-29(22-23-38(35)43)31-18-11-19-34-33-17-8-10-21-39(33)44-41(31)34;1-2-7-19-16(6-1)14-17-12-13-18(15-23(17)19)20-9-5-10-22-21-8-3-4-11-24(21)26-25(20)22;18-17-12-15(13-7-3-1-4-8-13)11-16(19-17)14-9-5-2-6-10-14;14-11-6-5-10-7-9-3-1-2-4-12(9)13(10)8-11;14-13(15)10-6-3-5-9-8-4-1-2-7-11(8)16-12(9)10/h1-26H;1-13,15H,14H2;2-3,5-12H,1,4H2;1-6,8H,7H2;1-7,14-15H. The van der Waals surface area contributed by atoms with Gasteiger partial charge in [0.05, 0.1) is 22.4 Å². The lowest BCUT2D eigenvalue weighted by atomic mass is 9.80. The van der Waals surface area contributed by atoms with Gasteiger partial charge in [-0.15, -0.1) is 34.0 Å². The molecule has 3 aliphatic rings. The number of fused-ring (bicyclic) bond motifs is 18. The Kier molecular flexibility index (Phi) is 20.9. The van der Waals surface area contributed by atoms with Crippen molar-refractivity contribution in [3.63, 3.8) is 0 Å². The maximum absolute atomic E-state index is 9.31. The van der Waals surface area contributed by atoms with Gasteiger partial charge in [0, 0.05) is 81.5 Å². The number of hydrogen-bond acceptors (Lipinski definition) is 7. The molecule has 3 aliphatic carbocycles. The highest BCUT2D eigenvalue weighted by atomic mass is 79.9. The summed E-state index contributed by atoms with van der Waals surface area (Å²) in [6.45, 7) is 0. The van der Waals surface area contributed by atoms with Crippen LogP contribution in [0.5, 0.6) is 0 Å². The summed E-state index contributed by atoms with van der Waals surface area (Å²) >= 11 is 12.4. The predicted molar refractivity (Wildman–Crippen MR) is 516 cm³/mol. The first-order chi connectivity index (χ1) is 58.6. The molecule has 0 aliphatic heterocycles. The lowest BCUT2D eigenvalue weighted by Gasteiger charge is -2.13. The van der Waals surface area contributed by atoms with E-state index in [1.54, 1.807) is 17.4 Å². The Morgan fingerprint density at radius 1 is 0.303 bits per heavy atom. The highest BCUT2D eigenvalue weighted by Crippen LogP contribution is 2.47. The number of hydrogen-bond donors (Lipinski definition) is 2. The number of thiophene rings is 3. The Labute approximate surface area is 719 Å². The van der Waals surface area contributed by atoms with Crippen molar-refractivity contribution in [3.05, 3.63) is 425 Å². The summed E-state index contributed by atoms with van der Waals surface area (Å²) < 4.78 is 11.9. The molecule has 5 nitrogen and oxygen atoms in total. The average molecular weight is 1710 g/mol. The summed E-state index contributed by atoms with van der Waals surface area (Å²) in [5.41, 5.74) is 28.4. The fourth-order valence-electron chi connectivity index (χ4n) is 17.1. The summed E-state index contributed by atoms with van der Waals surface area (Å²) in [6.07, 6.45) is 11.1. The van der Waals surface area contributed by atoms with Crippen molar-refractivity contribution in [3.8, 4) is 84.0 Å². The van der Waals surface area contributed by atoms with E-state index in [1.807, 2.05) is 71.2 Å². The number of aromatic nitrogens is 3. The summed E-state index contributed by atoms with van der Waals surface area (Å²) in [6, 6.07) is 131. The van der Waals surface area contributed by atoms with Crippen molar-refractivity contribution in [2.75, 3.05) is 0 Å². The van der Waals surface area contributed by atoms with Crippen molar-refractivity contribution in [2.45, 2.75) is 25.7 Å². The van der Waals surface area contributed by atoms with Crippen LogP contribution in [0.3, 0.4) is 0 Å². The molecular formula is C108H74BBr2N3O2S3.